The first kappa shape index (κ1) is 11.7. The minimum absolute atomic E-state index is 0.0462. The first-order valence-corrected chi connectivity index (χ1v) is 5.19. The van der Waals surface area contributed by atoms with Gasteiger partial charge in [0.05, 0.1) is 0 Å². The van der Waals surface area contributed by atoms with Gasteiger partial charge in [0, 0.05) is 25.9 Å². The van der Waals surface area contributed by atoms with Crippen molar-refractivity contribution in [1.29, 1.82) is 0 Å². The number of nitrogens with one attached hydrogen (secondary N) is 1. The number of rotatable bonds is 3. The van der Waals surface area contributed by atoms with E-state index in [1.165, 1.54) is 5.01 Å². The van der Waals surface area contributed by atoms with Crippen LogP contribution in [-0.4, -0.2) is 35.6 Å². The average Bonchev–Trinajstić information content (AvgIpc) is 2.21. The van der Waals surface area contributed by atoms with Crippen LogP contribution < -0.4 is 5.32 Å². The van der Waals surface area contributed by atoms with Gasteiger partial charge in [-0.15, -0.1) is 0 Å². The summed E-state index contributed by atoms with van der Waals surface area (Å²) < 4.78 is 0. The van der Waals surface area contributed by atoms with Crippen molar-refractivity contribution >= 4 is 17.5 Å². The van der Waals surface area contributed by atoms with Crippen LogP contribution in [0.5, 0.6) is 0 Å². The highest BCUT2D eigenvalue weighted by molar-refractivity contribution is 6.39. The molecule has 0 aromatic carbocycles. The fourth-order valence-electron chi connectivity index (χ4n) is 1.24. The van der Waals surface area contributed by atoms with Gasteiger partial charge >= 0.3 is 0 Å². The van der Waals surface area contributed by atoms with Crippen LogP contribution in [-0.2, 0) is 9.59 Å². The number of carbonyl (C=O) groups is 2. The summed E-state index contributed by atoms with van der Waals surface area (Å²) in [4.78, 5) is 22.8. The Morgan fingerprint density at radius 2 is 2.27 bits per heavy atom. The fraction of sp³-hybridized carbons (Fsp3) is 0.700. The van der Waals surface area contributed by atoms with Crippen LogP contribution in [0.25, 0.3) is 0 Å². The third-order valence-corrected chi connectivity index (χ3v) is 2.46. The van der Waals surface area contributed by atoms with Crippen molar-refractivity contribution in [3.63, 3.8) is 0 Å². The van der Waals surface area contributed by atoms with Gasteiger partial charge in [0.15, 0.2) is 0 Å². The predicted molar refractivity (Wildman–Crippen MR) is 57.3 cm³/mol. The van der Waals surface area contributed by atoms with E-state index in [-0.39, 0.29) is 17.9 Å². The molecule has 0 aromatic heterocycles. The molecule has 5 nitrogen and oxygen atoms in total. The van der Waals surface area contributed by atoms with E-state index in [4.69, 9.17) is 0 Å². The third kappa shape index (κ3) is 3.04. The number of nitrogens with zero attached hydrogens (tertiary/aromatic N) is 2. The molecule has 0 saturated carbocycles. The summed E-state index contributed by atoms with van der Waals surface area (Å²) in [7, 11) is 1.57. The molecule has 0 saturated heterocycles. The normalized spacial score (nSPS) is 18.5. The quantitative estimate of drug-likeness (QED) is 0.739. The monoisotopic (exact) mass is 211 g/mol. The number of hydrogen-bond donors (Lipinski definition) is 1. The first-order valence-electron chi connectivity index (χ1n) is 5.19. The van der Waals surface area contributed by atoms with Crippen molar-refractivity contribution in [3.8, 4) is 0 Å². The van der Waals surface area contributed by atoms with Crippen molar-refractivity contribution in [2.24, 2.45) is 5.10 Å². The summed E-state index contributed by atoms with van der Waals surface area (Å²) in [6.45, 7) is 3.94. The molecule has 1 aliphatic rings. The van der Waals surface area contributed by atoms with E-state index in [0.717, 1.165) is 6.42 Å². The lowest BCUT2D eigenvalue weighted by Gasteiger charge is -2.20. The molecular weight excluding hydrogens is 194 g/mol. The van der Waals surface area contributed by atoms with Gasteiger partial charge < -0.3 is 5.32 Å². The maximum absolute atomic E-state index is 11.6. The van der Waals surface area contributed by atoms with Crippen molar-refractivity contribution < 1.29 is 9.59 Å². The third-order valence-electron chi connectivity index (χ3n) is 2.46. The van der Waals surface area contributed by atoms with Gasteiger partial charge in [-0.25, -0.2) is 5.01 Å². The Bertz CT molecular complexity index is 299. The number of hydrazone groups is 1. The lowest BCUT2D eigenvalue weighted by molar-refractivity contribution is -0.130. The van der Waals surface area contributed by atoms with Gasteiger partial charge in [-0.3, -0.25) is 9.59 Å². The largest absolute Gasteiger partial charge is 0.348 e. The molecule has 1 heterocycles. The minimum atomic E-state index is -0.163. The summed E-state index contributed by atoms with van der Waals surface area (Å²) in [5.41, 5.74) is 0.442. The molecule has 0 bridgehead atoms. The highest BCUT2D eigenvalue weighted by Gasteiger charge is 2.22. The molecule has 1 atom stereocenters. The van der Waals surface area contributed by atoms with Crippen LogP contribution >= 0.6 is 0 Å². The van der Waals surface area contributed by atoms with Crippen molar-refractivity contribution in [3.05, 3.63) is 0 Å². The number of amides is 2. The Morgan fingerprint density at radius 1 is 1.60 bits per heavy atom. The molecule has 1 N–H and O–H groups in total. The molecule has 0 spiro atoms. The lowest BCUT2D eigenvalue weighted by atomic mass is 10.1. The van der Waals surface area contributed by atoms with Crippen LogP contribution in [0.1, 0.15) is 33.1 Å². The van der Waals surface area contributed by atoms with Gasteiger partial charge in [-0.05, 0) is 13.3 Å². The topological polar surface area (TPSA) is 61.8 Å². The predicted octanol–water partition coefficient (Wildman–Crippen LogP) is 0.509. The molecule has 0 aliphatic carbocycles. The number of hydrogen-bond acceptors (Lipinski definition) is 3. The molecule has 15 heavy (non-hydrogen) atoms. The first-order chi connectivity index (χ1) is 7.04. The van der Waals surface area contributed by atoms with Gasteiger partial charge in [-0.2, -0.15) is 5.10 Å². The van der Waals surface area contributed by atoms with E-state index in [2.05, 4.69) is 10.4 Å². The second kappa shape index (κ2) is 4.91. The van der Waals surface area contributed by atoms with Crippen LogP contribution in [0.4, 0.5) is 0 Å². The van der Waals surface area contributed by atoms with Crippen LogP contribution in [0, 0.1) is 0 Å². The Kier molecular flexibility index (Phi) is 3.82. The SMILES string of the molecule is CCC(C)NC(=O)C1=NN(C)C(=O)CC1. The van der Waals surface area contributed by atoms with Gasteiger partial charge in [0.1, 0.15) is 5.71 Å². The molecule has 2 amide bonds. The molecule has 0 aromatic rings. The Hall–Kier alpha value is -1.39. The Balaban J connectivity index is 2.61. The van der Waals surface area contributed by atoms with E-state index in [1.807, 2.05) is 13.8 Å². The minimum Gasteiger partial charge on any atom is -0.348 e. The maximum atomic E-state index is 11.6. The lowest BCUT2D eigenvalue weighted by Crippen LogP contribution is -2.41. The summed E-state index contributed by atoms with van der Waals surface area (Å²) in [6, 6.07) is 0.142. The van der Waals surface area contributed by atoms with E-state index in [9.17, 15) is 9.59 Å². The highest BCUT2D eigenvalue weighted by atomic mass is 16.2. The van der Waals surface area contributed by atoms with E-state index >= 15 is 0 Å². The highest BCUT2D eigenvalue weighted by Crippen LogP contribution is 2.07. The van der Waals surface area contributed by atoms with Crippen molar-refractivity contribution in [1.82, 2.24) is 10.3 Å². The van der Waals surface area contributed by atoms with Crippen LogP contribution in [0.2, 0.25) is 0 Å². The molecule has 5 heteroatoms. The van der Waals surface area contributed by atoms with E-state index in [0.29, 0.717) is 18.6 Å². The summed E-state index contributed by atoms with van der Waals surface area (Å²) in [5, 5.41) is 8.00. The second-order valence-electron chi connectivity index (χ2n) is 3.75. The molecule has 1 rings (SSSR count). The maximum Gasteiger partial charge on any atom is 0.267 e. The summed E-state index contributed by atoms with van der Waals surface area (Å²) in [5.74, 6) is -0.209. The van der Waals surface area contributed by atoms with Crippen molar-refractivity contribution in [2.45, 2.75) is 39.2 Å². The van der Waals surface area contributed by atoms with Crippen LogP contribution in [0.15, 0.2) is 5.10 Å². The molecule has 0 radical (unpaired) electrons. The smallest absolute Gasteiger partial charge is 0.267 e. The summed E-state index contributed by atoms with van der Waals surface area (Å²) >= 11 is 0. The molecule has 1 unspecified atom stereocenters. The average molecular weight is 211 g/mol. The standard InChI is InChI=1S/C10H17N3O2/c1-4-7(2)11-10(15)8-5-6-9(14)13(3)12-8/h7H,4-6H2,1-3H3,(H,11,15). The zero-order valence-corrected chi connectivity index (χ0v) is 9.41. The Morgan fingerprint density at radius 3 is 2.80 bits per heavy atom. The van der Waals surface area contributed by atoms with E-state index in [1.54, 1.807) is 7.05 Å². The van der Waals surface area contributed by atoms with Gasteiger partial charge in [0.25, 0.3) is 5.91 Å². The molecule has 0 fully saturated rings. The summed E-state index contributed by atoms with van der Waals surface area (Å²) in [6.07, 6.45) is 1.68. The zero-order valence-electron chi connectivity index (χ0n) is 9.41. The van der Waals surface area contributed by atoms with Gasteiger partial charge in [0.2, 0.25) is 5.91 Å². The van der Waals surface area contributed by atoms with Crippen molar-refractivity contribution in [2.75, 3.05) is 7.05 Å². The second-order valence-corrected chi connectivity index (χ2v) is 3.75. The molecular formula is C10H17N3O2. The molecule has 1 aliphatic heterocycles. The van der Waals surface area contributed by atoms with E-state index < -0.39 is 0 Å². The fourth-order valence-corrected chi connectivity index (χ4v) is 1.24. The van der Waals surface area contributed by atoms with Gasteiger partial charge in [-0.1, -0.05) is 6.92 Å². The Labute approximate surface area is 89.5 Å². The number of carbonyl (C=O) groups excluding carboxylic acids is 2. The van der Waals surface area contributed by atoms with Crippen LogP contribution in [0.3, 0.4) is 0 Å². The zero-order chi connectivity index (χ0) is 11.4. The molecule has 84 valence electrons.